The Morgan fingerprint density at radius 1 is 1.77 bits per heavy atom. The number of nitrogens with zero attached hydrogens (tertiary/aromatic N) is 1. The predicted octanol–water partition coefficient (Wildman–Crippen LogP) is 0.527. The van der Waals surface area contributed by atoms with Crippen LogP contribution in [0.15, 0.2) is 12.4 Å². The second kappa shape index (κ2) is 3.57. The minimum Gasteiger partial charge on any atom is -0.368 e. The smallest absolute Gasteiger partial charge is 0.253 e. The minimum absolute atomic E-state index is 0.0844. The minimum atomic E-state index is -0.283. The van der Waals surface area contributed by atoms with Crippen LogP contribution in [0.25, 0.3) is 0 Å². The van der Waals surface area contributed by atoms with Gasteiger partial charge in [0, 0.05) is 12.8 Å². The van der Waals surface area contributed by atoms with Gasteiger partial charge < -0.3 is 10.1 Å². The van der Waals surface area contributed by atoms with Crippen LogP contribution in [-0.2, 0) is 9.53 Å². The zero-order chi connectivity index (χ0) is 9.10. The molecular formula is C8H11N3O2. The van der Waals surface area contributed by atoms with Crippen molar-refractivity contribution >= 4 is 11.6 Å². The fraction of sp³-hybridized carbons (Fsp3) is 0.500. The van der Waals surface area contributed by atoms with Gasteiger partial charge in [-0.2, -0.15) is 5.10 Å². The van der Waals surface area contributed by atoms with Gasteiger partial charge >= 0.3 is 0 Å². The van der Waals surface area contributed by atoms with Crippen LogP contribution in [0.3, 0.4) is 0 Å². The van der Waals surface area contributed by atoms with Gasteiger partial charge in [0.05, 0.1) is 11.9 Å². The Morgan fingerprint density at radius 2 is 2.69 bits per heavy atom. The van der Waals surface area contributed by atoms with Gasteiger partial charge in [-0.25, -0.2) is 0 Å². The van der Waals surface area contributed by atoms with E-state index in [0.717, 1.165) is 12.8 Å². The lowest BCUT2D eigenvalue weighted by atomic mass is 10.2. The molecular weight excluding hydrogens is 170 g/mol. The highest BCUT2D eigenvalue weighted by atomic mass is 16.5. The SMILES string of the molecule is O=C(Nc1cn[nH]c1)[C@@H]1CCCO1. The topological polar surface area (TPSA) is 67.0 Å². The fourth-order valence-corrected chi connectivity index (χ4v) is 1.33. The van der Waals surface area contributed by atoms with Gasteiger partial charge in [0.25, 0.3) is 5.91 Å². The fourth-order valence-electron chi connectivity index (χ4n) is 1.33. The van der Waals surface area contributed by atoms with Crippen molar-refractivity contribution in [3.05, 3.63) is 12.4 Å². The molecule has 13 heavy (non-hydrogen) atoms. The summed E-state index contributed by atoms with van der Waals surface area (Å²) >= 11 is 0. The Kier molecular flexibility index (Phi) is 2.27. The number of nitrogens with one attached hydrogen (secondary N) is 2. The van der Waals surface area contributed by atoms with Crippen LogP contribution >= 0.6 is 0 Å². The van der Waals surface area contributed by atoms with Crippen molar-refractivity contribution in [1.82, 2.24) is 10.2 Å². The normalized spacial score (nSPS) is 21.7. The first-order valence-electron chi connectivity index (χ1n) is 4.27. The van der Waals surface area contributed by atoms with Crippen molar-refractivity contribution < 1.29 is 9.53 Å². The van der Waals surface area contributed by atoms with E-state index in [4.69, 9.17) is 4.74 Å². The Hall–Kier alpha value is -1.36. The van der Waals surface area contributed by atoms with Crippen LogP contribution < -0.4 is 5.32 Å². The summed E-state index contributed by atoms with van der Waals surface area (Å²) in [5.41, 5.74) is 0.681. The lowest BCUT2D eigenvalue weighted by Gasteiger charge is -2.07. The maximum absolute atomic E-state index is 11.4. The molecule has 0 radical (unpaired) electrons. The molecule has 70 valence electrons. The molecule has 1 aromatic rings. The molecule has 1 saturated heterocycles. The van der Waals surface area contributed by atoms with Crippen molar-refractivity contribution in [3.63, 3.8) is 0 Å². The van der Waals surface area contributed by atoms with Crippen molar-refractivity contribution in [2.24, 2.45) is 0 Å². The Balaban J connectivity index is 1.91. The van der Waals surface area contributed by atoms with E-state index < -0.39 is 0 Å². The number of hydrogen-bond donors (Lipinski definition) is 2. The number of rotatable bonds is 2. The second-order valence-corrected chi connectivity index (χ2v) is 2.98. The van der Waals surface area contributed by atoms with Gasteiger partial charge in [0.1, 0.15) is 6.10 Å². The molecule has 0 saturated carbocycles. The monoisotopic (exact) mass is 181 g/mol. The highest BCUT2D eigenvalue weighted by Crippen LogP contribution is 2.14. The number of aromatic amines is 1. The average Bonchev–Trinajstić information content (AvgIpc) is 2.74. The number of carbonyl (C=O) groups excluding carboxylic acids is 1. The van der Waals surface area contributed by atoms with E-state index in [9.17, 15) is 4.79 Å². The summed E-state index contributed by atoms with van der Waals surface area (Å²) in [4.78, 5) is 11.4. The van der Waals surface area contributed by atoms with Gasteiger partial charge in [0.2, 0.25) is 0 Å². The maximum Gasteiger partial charge on any atom is 0.253 e. The Bertz CT molecular complexity index is 278. The van der Waals surface area contributed by atoms with Crippen LogP contribution in [0.4, 0.5) is 5.69 Å². The molecule has 5 nitrogen and oxygen atoms in total. The van der Waals surface area contributed by atoms with E-state index in [0.29, 0.717) is 12.3 Å². The van der Waals surface area contributed by atoms with Crippen LogP contribution in [0.2, 0.25) is 0 Å². The van der Waals surface area contributed by atoms with Crippen molar-refractivity contribution in [1.29, 1.82) is 0 Å². The molecule has 0 bridgehead atoms. The largest absolute Gasteiger partial charge is 0.368 e. The molecule has 2 rings (SSSR count). The summed E-state index contributed by atoms with van der Waals surface area (Å²) in [5, 5.41) is 9.05. The third-order valence-corrected chi connectivity index (χ3v) is 1.99. The highest BCUT2D eigenvalue weighted by Gasteiger charge is 2.23. The van der Waals surface area contributed by atoms with E-state index in [1.165, 1.54) is 0 Å². The van der Waals surface area contributed by atoms with E-state index in [2.05, 4.69) is 15.5 Å². The molecule has 1 aromatic heterocycles. The Labute approximate surface area is 75.5 Å². The molecule has 1 amide bonds. The van der Waals surface area contributed by atoms with Crippen molar-refractivity contribution in [2.45, 2.75) is 18.9 Å². The number of hydrogen-bond acceptors (Lipinski definition) is 3. The molecule has 5 heteroatoms. The summed E-state index contributed by atoms with van der Waals surface area (Å²) in [7, 11) is 0. The first-order valence-corrected chi connectivity index (χ1v) is 4.27. The summed E-state index contributed by atoms with van der Waals surface area (Å²) in [5.74, 6) is -0.0844. The molecule has 0 aromatic carbocycles. The zero-order valence-corrected chi connectivity index (χ0v) is 7.12. The quantitative estimate of drug-likeness (QED) is 0.699. The molecule has 2 heterocycles. The van der Waals surface area contributed by atoms with Crippen molar-refractivity contribution in [2.75, 3.05) is 11.9 Å². The third-order valence-electron chi connectivity index (χ3n) is 1.99. The summed E-state index contributed by atoms with van der Waals surface area (Å²) in [6.07, 6.45) is 4.68. The molecule has 1 aliphatic heterocycles. The first-order chi connectivity index (χ1) is 6.36. The van der Waals surface area contributed by atoms with E-state index in [1.54, 1.807) is 12.4 Å². The van der Waals surface area contributed by atoms with Gasteiger partial charge in [0.15, 0.2) is 0 Å². The van der Waals surface area contributed by atoms with E-state index >= 15 is 0 Å². The van der Waals surface area contributed by atoms with Crippen LogP contribution in [0.1, 0.15) is 12.8 Å². The van der Waals surface area contributed by atoms with E-state index in [1.807, 2.05) is 0 Å². The maximum atomic E-state index is 11.4. The molecule has 1 fully saturated rings. The zero-order valence-electron chi connectivity index (χ0n) is 7.12. The third kappa shape index (κ3) is 1.86. The second-order valence-electron chi connectivity index (χ2n) is 2.98. The first kappa shape index (κ1) is 8.25. The molecule has 0 unspecified atom stereocenters. The Morgan fingerprint density at radius 3 is 3.31 bits per heavy atom. The average molecular weight is 181 g/mol. The number of H-pyrrole nitrogens is 1. The molecule has 1 atom stereocenters. The highest BCUT2D eigenvalue weighted by molar-refractivity contribution is 5.94. The van der Waals surface area contributed by atoms with Crippen LogP contribution in [0.5, 0.6) is 0 Å². The number of aromatic nitrogens is 2. The number of carbonyl (C=O) groups is 1. The molecule has 2 N–H and O–H groups in total. The standard InChI is InChI=1S/C8H11N3O2/c12-8(7-2-1-3-13-7)11-6-4-9-10-5-6/h4-5,7H,1-3H2,(H,9,10)(H,11,12)/t7-/m0/s1. The summed E-state index contributed by atoms with van der Waals surface area (Å²) in [6.45, 7) is 0.684. The van der Waals surface area contributed by atoms with Crippen LogP contribution in [-0.4, -0.2) is 28.8 Å². The van der Waals surface area contributed by atoms with Gasteiger partial charge in [-0.3, -0.25) is 9.89 Å². The predicted molar refractivity (Wildman–Crippen MR) is 46.2 cm³/mol. The van der Waals surface area contributed by atoms with E-state index in [-0.39, 0.29) is 12.0 Å². The molecule has 0 spiro atoms. The van der Waals surface area contributed by atoms with Crippen molar-refractivity contribution in [3.8, 4) is 0 Å². The van der Waals surface area contributed by atoms with Crippen LogP contribution in [0, 0.1) is 0 Å². The summed E-state index contributed by atoms with van der Waals surface area (Å²) < 4.78 is 5.22. The van der Waals surface area contributed by atoms with Gasteiger partial charge in [-0.15, -0.1) is 0 Å². The van der Waals surface area contributed by atoms with Gasteiger partial charge in [-0.1, -0.05) is 0 Å². The lowest BCUT2D eigenvalue weighted by Crippen LogP contribution is -2.26. The lowest BCUT2D eigenvalue weighted by molar-refractivity contribution is -0.124. The number of amides is 1. The van der Waals surface area contributed by atoms with Gasteiger partial charge in [-0.05, 0) is 12.8 Å². The number of anilines is 1. The summed E-state index contributed by atoms with van der Waals surface area (Å²) in [6, 6.07) is 0. The molecule has 0 aliphatic carbocycles. The molecule has 1 aliphatic rings. The number of ether oxygens (including phenoxy) is 1.